The van der Waals surface area contributed by atoms with E-state index < -0.39 is 5.72 Å². The van der Waals surface area contributed by atoms with Gasteiger partial charge in [0.05, 0.1) is 0 Å². The highest BCUT2D eigenvalue weighted by molar-refractivity contribution is 5.75. The number of nitrogens with zero attached hydrogens (tertiary/aromatic N) is 1. The van der Waals surface area contributed by atoms with Crippen LogP contribution < -0.4 is 10.6 Å². The zero-order valence-electron chi connectivity index (χ0n) is 10.6. The van der Waals surface area contributed by atoms with Crippen molar-refractivity contribution in [2.45, 2.75) is 37.8 Å². The highest BCUT2D eigenvalue weighted by Gasteiger charge is 2.36. The number of rotatable bonds is 3. The van der Waals surface area contributed by atoms with Crippen molar-refractivity contribution in [2.75, 3.05) is 26.2 Å². The summed E-state index contributed by atoms with van der Waals surface area (Å²) in [4.78, 5) is 24.5. The van der Waals surface area contributed by atoms with Crippen molar-refractivity contribution < 1.29 is 14.3 Å². The molecule has 0 atom stereocenters. The van der Waals surface area contributed by atoms with Gasteiger partial charge < -0.3 is 15.0 Å². The lowest BCUT2D eigenvalue weighted by atomic mass is 9.91. The Morgan fingerprint density at radius 3 is 2.50 bits per heavy atom. The van der Waals surface area contributed by atoms with Crippen molar-refractivity contribution in [1.29, 1.82) is 0 Å². The van der Waals surface area contributed by atoms with E-state index in [9.17, 15) is 9.59 Å². The van der Waals surface area contributed by atoms with Crippen LogP contribution in [0.4, 0.5) is 4.79 Å². The van der Waals surface area contributed by atoms with Gasteiger partial charge in [0.2, 0.25) is 0 Å². The van der Waals surface area contributed by atoms with Crippen LogP contribution in [0.15, 0.2) is 0 Å². The standard InChI is InChI=1S/C12H21N3O3/c16-10-18-12(4-2-1-3-5-12)14-11(17)15-8-6-13-7-9-15/h10,13H,1-9H2,(H,14,17). The van der Waals surface area contributed by atoms with E-state index in [1.807, 2.05) is 0 Å². The number of urea groups is 1. The zero-order valence-corrected chi connectivity index (χ0v) is 10.6. The van der Waals surface area contributed by atoms with E-state index in [1.54, 1.807) is 4.90 Å². The summed E-state index contributed by atoms with van der Waals surface area (Å²) in [6.45, 7) is 3.47. The van der Waals surface area contributed by atoms with Crippen molar-refractivity contribution in [2.24, 2.45) is 0 Å². The van der Waals surface area contributed by atoms with Crippen LogP contribution in [-0.4, -0.2) is 49.3 Å². The van der Waals surface area contributed by atoms with Gasteiger partial charge in [-0.2, -0.15) is 0 Å². The highest BCUT2D eigenvalue weighted by Crippen LogP contribution is 2.29. The summed E-state index contributed by atoms with van der Waals surface area (Å²) in [6, 6.07) is -0.125. The van der Waals surface area contributed by atoms with Gasteiger partial charge in [0.1, 0.15) is 0 Å². The van der Waals surface area contributed by atoms with Crippen LogP contribution in [0.3, 0.4) is 0 Å². The van der Waals surface area contributed by atoms with E-state index in [4.69, 9.17) is 4.74 Å². The third kappa shape index (κ3) is 3.13. The Labute approximate surface area is 107 Å². The monoisotopic (exact) mass is 255 g/mol. The first kappa shape index (κ1) is 13.1. The SMILES string of the molecule is O=COC1(NC(=O)N2CCNCC2)CCCCC1. The molecule has 1 aliphatic carbocycles. The molecule has 1 saturated carbocycles. The molecule has 0 aromatic rings. The minimum absolute atomic E-state index is 0.125. The molecule has 1 aliphatic heterocycles. The number of piperazine rings is 1. The molecule has 6 nitrogen and oxygen atoms in total. The second-order valence-corrected chi connectivity index (χ2v) is 4.94. The zero-order chi connectivity index (χ0) is 12.8. The number of amides is 2. The lowest BCUT2D eigenvalue weighted by Gasteiger charge is -2.38. The molecule has 0 unspecified atom stereocenters. The molecule has 1 heterocycles. The van der Waals surface area contributed by atoms with Gasteiger partial charge in [-0.05, 0) is 12.8 Å². The first-order valence-corrected chi connectivity index (χ1v) is 6.65. The smallest absolute Gasteiger partial charge is 0.320 e. The third-order valence-electron chi connectivity index (χ3n) is 3.67. The normalized spacial score (nSPS) is 23.2. The number of carbonyl (C=O) groups excluding carboxylic acids is 2. The molecule has 0 radical (unpaired) electrons. The molecule has 2 rings (SSSR count). The number of ether oxygens (including phenoxy) is 1. The molecule has 2 aliphatic rings. The molecule has 2 N–H and O–H groups in total. The Morgan fingerprint density at radius 2 is 1.89 bits per heavy atom. The maximum atomic E-state index is 12.1. The van der Waals surface area contributed by atoms with Crippen molar-refractivity contribution in [3.63, 3.8) is 0 Å². The van der Waals surface area contributed by atoms with Gasteiger partial charge in [-0.3, -0.25) is 10.1 Å². The van der Waals surface area contributed by atoms with Gasteiger partial charge in [-0.25, -0.2) is 4.79 Å². The maximum Gasteiger partial charge on any atom is 0.320 e. The number of carbonyl (C=O) groups is 2. The minimum atomic E-state index is -0.776. The first-order chi connectivity index (χ1) is 8.76. The molecule has 0 aromatic heterocycles. The van der Waals surface area contributed by atoms with Crippen LogP contribution in [0.2, 0.25) is 0 Å². The van der Waals surface area contributed by atoms with Gasteiger partial charge >= 0.3 is 6.03 Å². The second-order valence-electron chi connectivity index (χ2n) is 4.94. The predicted molar refractivity (Wildman–Crippen MR) is 65.9 cm³/mol. The molecule has 0 spiro atoms. The summed E-state index contributed by atoms with van der Waals surface area (Å²) in [5.74, 6) is 0. The van der Waals surface area contributed by atoms with Crippen molar-refractivity contribution in [3.05, 3.63) is 0 Å². The van der Waals surface area contributed by atoms with Crippen LogP contribution in [0, 0.1) is 0 Å². The van der Waals surface area contributed by atoms with Gasteiger partial charge in [-0.1, -0.05) is 6.42 Å². The number of nitrogens with one attached hydrogen (secondary N) is 2. The predicted octanol–water partition coefficient (Wildman–Crippen LogP) is 0.435. The van der Waals surface area contributed by atoms with E-state index in [1.165, 1.54) is 0 Å². The van der Waals surface area contributed by atoms with E-state index in [2.05, 4.69) is 10.6 Å². The Kier molecular flexibility index (Phi) is 4.41. The summed E-state index contributed by atoms with van der Waals surface area (Å²) in [5.41, 5.74) is -0.776. The summed E-state index contributed by atoms with van der Waals surface area (Å²) in [7, 11) is 0. The van der Waals surface area contributed by atoms with Crippen molar-refractivity contribution >= 4 is 12.5 Å². The molecule has 6 heteroatoms. The van der Waals surface area contributed by atoms with E-state index >= 15 is 0 Å². The van der Waals surface area contributed by atoms with Crippen LogP contribution >= 0.6 is 0 Å². The molecule has 0 aromatic carbocycles. The fourth-order valence-electron chi connectivity index (χ4n) is 2.63. The number of hydrogen-bond acceptors (Lipinski definition) is 4. The summed E-state index contributed by atoms with van der Waals surface area (Å²) < 4.78 is 5.18. The molecule has 102 valence electrons. The maximum absolute atomic E-state index is 12.1. The van der Waals surface area contributed by atoms with Gasteiger partial charge in [0, 0.05) is 39.0 Å². The Bertz CT molecular complexity index is 297. The van der Waals surface area contributed by atoms with Crippen molar-refractivity contribution in [1.82, 2.24) is 15.5 Å². The van der Waals surface area contributed by atoms with Crippen LogP contribution in [0.1, 0.15) is 32.1 Å². The summed E-state index contributed by atoms with van der Waals surface area (Å²) >= 11 is 0. The minimum Gasteiger partial charge on any atom is -0.441 e. The van der Waals surface area contributed by atoms with Gasteiger partial charge in [0.15, 0.2) is 5.72 Å². The number of hydrogen-bond donors (Lipinski definition) is 2. The Morgan fingerprint density at radius 1 is 1.22 bits per heavy atom. The average Bonchev–Trinajstić information content (AvgIpc) is 2.41. The first-order valence-electron chi connectivity index (χ1n) is 6.65. The largest absolute Gasteiger partial charge is 0.441 e. The van der Waals surface area contributed by atoms with Crippen LogP contribution in [0.25, 0.3) is 0 Å². The van der Waals surface area contributed by atoms with Gasteiger partial charge in [-0.15, -0.1) is 0 Å². The van der Waals surface area contributed by atoms with E-state index in [-0.39, 0.29) is 6.03 Å². The van der Waals surface area contributed by atoms with Crippen molar-refractivity contribution in [3.8, 4) is 0 Å². The Hall–Kier alpha value is -1.30. The molecular formula is C12H21N3O3. The molecule has 18 heavy (non-hydrogen) atoms. The summed E-state index contributed by atoms with van der Waals surface area (Å²) in [5, 5.41) is 6.11. The molecule has 2 amide bonds. The molecule has 0 bridgehead atoms. The van der Waals surface area contributed by atoms with E-state index in [0.29, 0.717) is 32.4 Å². The van der Waals surface area contributed by atoms with Crippen LogP contribution in [0.5, 0.6) is 0 Å². The molecule has 2 fully saturated rings. The van der Waals surface area contributed by atoms with E-state index in [0.717, 1.165) is 32.4 Å². The highest BCUT2D eigenvalue weighted by atomic mass is 16.6. The fourth-order valence-corrected chi connectivity index (χ4v) is 2.63. The van der Waals surface area contributed by atoms with Gasteiger partial charge in [0.25, 0.3) is 6.47 Å². The molecular weight excluding hydrogens is 234 g/mol. The fraction of sp³-hybridized carbons (Fsp3) is 0.833. The second kappa shape index (κ2) is 6.04. The topological polar surface area (TPSA) is 70.7 Å². The molecule has 1 saturated heterocycles. The summed E-state index contributed by atoms with van der Waals surface area (Å²) in [6.07, 6.45) is 4.52. The lowest BCUT2D eigenvalue weighted by Crippen LogP contribution is -2.58. The Balaban J connectivity index is 1.94. The lowest BCUT2D eigenvalue weighted by molar-refractivity contribution is -0.150. The van der Waals surface area contributed by atoms with Crippen LogP contribution in [-0.2, 0) is 9.53 Å². The quantitative estimate of drug-likeness (QED) is 0.567. The third-order valence-corrected chi connectivity index (χ3v) is 3.67. The average molecular weight is 255 g/mol.